The summed E-state index contributed by atoms with van der Waals surface area (Å²) < 4.78 is 11.7. The summed E-state index contributed by atoms with van der Waals surface area (Å²) in [6.07, 6.45) is -0.595. The SMILES string of the molecule is [CH2-]N1CC(F)C1. The van der Waals surface area contributed by atoms with Crippen molar-refractivity contribution < 1.29 is 4.39 Å². The minimum atomic E-state index is -0.595. The van der Waals surface area contributed by atoms with E-state index in [0.717, 1.165) is 0 Å². The molecule has 0 N–H and O–H groups in total. The van der Waals surface area contributed by atoms with Gasteiger partial charge >= 0.3 is 0 Å². The summed E-state index contributed by atoms with van der Waals surface area (Å²) in [4.78, 5) is 1.70. The number of rotatable bonds is 0. The molecule has 1 heterocycles. The van der Waals surface area contributed by atoms with Crippen LogP contribution in [0.3, 0.4) is 0 Å². The van der Waals surface area contributed by atoms with Crippen LogP contribution < -0.4 is 0 Å². The molecule has 6 heavy (non-hydrogen) atoms. The lowest BCUT2D eigenvalue weighted by atomic mass is 10.2. The fraction of sp³-hybridized carbons (Fsp3) is 0.750. The van der Waals surface area contributed by atoms with Crippen LogP contribution in [0, 0.1) is 7.05 Å². The van der Waals surface area contributed by atoms with E-state index in [9.17, 15) is 4.39 Å². The smallest absolute Gasteiger partial charge is 0.121 e. The highest BCUT2D eigenvalue weighted by molar-refractivity contribution is 4.77. The molecule has 0 aromatic heterocycles. The van der Waals surface area contributed by atoms with Crippen LogP contribution in [0.2, 0.25) is 0 Å². The molecule has 1 rings (SSSR count). The molecular formula is C4H7FN-. The highest BCUT2D eigenvalue weighted by Gasteiger charge is 2.15. The van der Waals surface area contributed by atoms with Gasteiger partial charge in [0.25, 0.3) is 0 Å². The molecular weight excluding hydrogens is 81.0 g/mol. The molecule has 0 amide bonds. The van der Waals surface area contributed by atoms with Gasteiger partial charge < -0.3 is 4.90 Å². The molecule has 36 valence electrons. The number of likely N-dealkylation sites (tertiary alicyclic amines) is 1. The third-order valence-electron chi connectivity index (χ3n) is 0.913. The van der Waals surface area contributed by atoms with Crippen LogP contribution in [0.4, 0.5) is 4.39 Å². The summed E-state index contributed by atoms with van der Waals surface area (Å²) in [6, 6.07) is 0. The second-order valence-corrected chi connectivity index (χ2v) is 1.63. The van der Waals surface area contributed by atoms with Crippen molar-refractivity contribution in [1.29, 1.82) is 0 Å². The second kappa shape index (κ2) is 1.19. The Kier molecular flexibility index (Phi) is 0.804. The van der Waals surface area contributed by atoms with Gasteiger partial charge in [-0.1, -0.05) is 0 Å². The van der Waals surface area contributed by atoms with Gasteiger partial charge in [-0.25, -0.2) is 4.39 Å². The maximum atomic E-state index is 11.7. The Labute approximate surface area is 36.8 Å². The molecule has 0 aliphatic carbocycles. The Morgan fingerprint density at radius 2 is 2.17 bits per heavy atom. The zero-order valence-corrected chi connectivity index (χ0v) is 3.52. The van der Waals surface area contributed by atoms with Gasteiger partial charge in [-0.05, 0) is 0 Å². The zero-order chi connectivity index (χ0) is 4.57. The quantitative estimate of drug-likeness (QED) is 0.388. The highest BCUT2D eigenvalue weighted by atomic mass is 19.1. The third kappa shape index (κ3) is 0.522. The standard InChI is InChI=1S/C4H7FN/c1-6-2-4(5)3-6/h4H,1-3H2/q-1. The summed E-state index contributed by atoms with van der Waals surface area (Å²) in [5.41, 5.74) is 0. The van der Waals surface area contributed by atoms with E-state index in [1.807, 2.05) is 0 Å². The minimum Gasteiger partial charge on any atom is -0.454 e. The van der Waals surface area contributed by atoms with Crippen LogP contribution in [-0.2, 0) is 0 Å². The topological polar surface area (TPSA) is 3.24 Å². The highest BCUT2D eigenvalue weighted by Crippen LogP contribution is 2.07. The summed E-state index contributed by atoms with van der Waals surface area (Å²) in [6.45, 7) is 1.06. The van der Waals surface area contributed by atoms with Gasteiger partial charge in [0, 0.05) is 13.1 Å². The number of nitrogens with zero attached hydrogens (tertiary/aromatic N) is 1. The zero-order valence-electron chi connectivity index (χ0n) is 3.52. The molecule has 1 aliphatic heterocycles. The van der Waals surface area contributed by atoms with Gasteiger partial charge in [0.1, 0.15) is 6.17 Å². The lowest BCUT2D eigenvalue weighted by molar-refractivity contribution is 0.108. The van der Waals surface area contributed by atoms with Crippen molar-refractivity contribution in [2.75, 3.05) is 13.1 Å². The maximum absolute atomic E-state index is 11.7. The summed E-state index contributed by atoms with van der Waals surface area (Å²) >= 11 is 0. The van der Waals surface area contributed by atoms with Gasteiger partial charge in [0.15, 0.2) is 0 Å². The molecule has 1 aliphatic rings. The average Bonchev–Trinajstić information content (AvgIpc) is 1.33. The molecule has 0 bridgehead atoms. The van der Waals surface area contributed by atoms with E-state index >= 15 is 0 Å². The van der Waals surface area contributed by atoms with Crippen molar-refractivity contribution >= 4 is 0 Å². The fourth-order valence-electron chi connectivity index (χ4n) is 0.507. The molecule has 1 saturated heterocycles. The number of halogens is 1. The van der Waals surface area contributed by atoms with Gasteiger partial charge in [-0.15, -0.1) is 0 Å². The second-order valence-electron chi connectivity index (χ2n) is 1.63. The first-order valence-corrected chi connectivity index (χ1v) is 1.98. The first-order chi connectivity index (χ1) is 2.79. The number of hydrogen-bond acceptors (Lipinski definition) is 1. The summed E-state index contributed by atoms with van der Waals surface area (Å²) in [5, 5.41) is 0. The third-order valence-corrected chi connectivity index (χ3v) is 0.913. The lowest BCUT2D eigenvalue weighted by Crippen LogP contribution is -2.43. The maximum Gasteiger partial charge on any atom is 0.121 e. The van der Waals surface area contributed by atoms with E-state index in [1.54, 1.807) is 4.90 Å². The fourth-order valence-corrected chi connectivity index (χ4v) is 0.507. The summed E-state index contributed by atoms with van der Waals surface area (Å²) in [7, 11) is 3.49. The molecule has 0 unspecified atom stereocenters. The molecule has 0 aromatic carbocycles. The van der Waals surface area contributed by atoms with Crippen molar-refractivity contribution in [2.45, 2.75) is 6.17 Å². The van der Waals surface area contributed by atoms with E-state index in [0.29, 0.717) is 13.1 Å². The normalized spacial score (nSPS) is 27.0. The molecule has 1 nitrogen and oxygen atoms in total. The van der Waals surface area contributed by atoms with Crippen LogP contribution in [0.5, 0.6) is 0 Å². The van der Waals surface area contributed by atoms with E-state index in [-0.39, 0.29) is 0 Å². The molecule has 0 spiro atoms. The minimum absolute atomic E-state index is 0.528. The predicted molar refractivity (Wildman–Crippen MR) is 21.8 cm³/mol. The molecule has 0 atom stereocenters. The monoisotopic (exact) mass is 88.1 g/mol. The first kappa shape index (κ1) is 4.06. The predicted octanol–water partition coefficient (Wildman–Crippen LogP) is 0.432. The van der Waals surface area contributed by atoms with E-state index in [1.165, 1.54) is 0 Å². The van der Waals surface area contributed by atoms with Crippen molar-refractivity contribution in [3.8, 4) is 0 Å². The first-order valence-electron chi connectivity index (χ1n) is 1.98. The van der Waals surface area contributed by atoms with Gasteiger partial charge in [-0.2, -0.15) is 0 Å². The van der Waals surface area contributed by atoms with Crippen LogP contribution in [0.15, 0.2) is 0 Å². The van der Waals surface area contributed by atoms with Crippen LogP contribution >= 0.6 is 0 Å². The lowest BCUT2D eigenvalue weighted by Gasteiger charge is -2.37. The Bertz CT molecular complexity index is 43.5. The average molecular weight is 88.1 g/mol. The van der Waals surface area contributed by atoms with Gasteiger partial charge in [0.05, 0.1) is 0 Å². The van der Waals surface area contributed by atoms with E-state index in [2.05, 4.69) is 7.05 Å². The number of hydrogen-bond donors (Lipinski definition) is 0. The van der Waals surface area contributed by atoms with Crippen LogP contribution in [0.25, 0.3) is 0 Å². The van der Waals surface area contributed by atoms with Gasteiger partial charge in [0.2, 0.25) is 0 Å². The molecule has 0 radical (unpaired) electrons. The summed E-state index contributed by atoms with van der Waals surface area (Å²) in [5.74, 6) is 0. The molecule has 2 heteroatoms. The van der Waals surface area contributed by atoms with Crippen molar-refractivity contribution in [3.63, 3.8) is 0 Å². The Morgan fingerprint density at radius 1 is 1.67 bits per heavy atom. The van der Waals surface area contributed by atoms with E-state index in [4.69, 9.17) is 0 Å². The number of alkyl halides is 1. The molecule has 1 fully saturated rings. The van der Waals surface area contributed by atoms with Crippen molar-refractivity contribution in [1.82, 2.24) is 4.90 Å². The Hall–Kier alpha value is -0.110. The van der Waals surface area contributed by atoms with Crippen LogP contribution in [-0.4, -0.2) is 24.2 Å². The van der Waals surface area contributed by atoms with Crippen LogP contribution in [0.1, 0.15) is 0 Å². The van der Waals surface area contributed by atoms with Crippen molar-refractivity contribution in [2.24, 2.45) is 0 Å². The Morgan fingerprint density at radius 3 is 2.17 bits per heavy atom. The van der Waals surface area contributed by atoms with Crippen molar-refractivity contribution in [3.05, 3.63) is 7.05 Å². The molecule has 0 aromatic rings. The largest absolute Gasteiger partial charge is 0.454 e. The van der Waals surface area contributed by atoms with Gasteiger partial charge in [-0.3, -0.25) is 7.05 Å². The Balaban J connectivity index is 2.11. The molecule has 0 saturated carbocycles. The van der Waals surface area contributed by atoms with E-state index < -0.39 is 6.17 Å².